The number of hydrogen-bond acceptors (Lipinski definition) is 3. The topological polar surface area (TPSA) is 32.7 Å². The Morgan fingerprint density at radius 1 is 1.37 bits per heavy atom. The summed E-state index contributed by atoms with van der Waals surface area (Å²) >= 11 is 0. The highest BCUT2D eigenvalue weighted by Crippen LogP contribution is 2.34. The van der Waals surface area contributed by atoms with Crippen molar-refractivity contribution in [1.82, 2.24) is 4.90 Å². The molecule has 0 heterocycles. The Balaban J connectivity index is 3.02. The van der Waals surface area contributed by atoms with E-state index in [1.807, 2.05) is 45.3 Å². The van der Waals surface area contributed by atoms with E-state index in [4.69, 9.17) is 4.74 Å². The van der Waals surface area contributed by atoms with Crippen molar-refractivity contribution in [3.05, 3.63) is 29.8 Å². The predicted octanol–water partition coefficient (Wildman–Crippen LogP) is 2.88. The van der Waals surface area contributed by atoms with Crippen LogP contribution in [0.25, 0.3) is 0 Å². The molecule has 108 valence electrons. The summed E-state index contributed by atoms with van der Waals surface area (Å²) in [5.41, 5.74) is 0.0848. The summed E-state index contributed by atoms with van der Waals surface area (Å²) in [6.07, 6.45) is 2.07. The van der Waals surface area contributed by atoms with Crippen molar-refractivity contribution >= 4 is 0 Å². The van der Waals surface area contributed by atoms with Gasteiger partial charge < -0.3 is 14.7 Å². The maximum absolute atomic E-state index is 11.0. The summed E-state index contributed by atoms with van der Waals surface area (Å²) in [6.45, 7) is 4.94. The lowest BCUT2D eigenvalue weighted by Gasteiger charge is -2.35. The van der Waals surface area contributed by atoms with E-state index in [1.54, 1.807) is 7.11 Å². The van der Waals surface area contributed by atoms with Gasteiger partial charge in [-0.25, -0.2) is 0 Å². The molecule has 0 aliphatic rings. The summed E-state index contributed by atoms with van der Waals surface area (Å²) in [6, 6.07) is 7.74. The highest BCUT2D eigenvalue weighted by atomic mass is 16.5. The Morgan fingerprint density at radius 3 is 2.58 bits per heavy atom. The molecule has 0 fully saturated rings. The van der Waals surface area contributed by atoms with Gasteiger partial charge in [-0.1, -0.05) is 25.5 Å². The van der Waals surface area contributed by atoms with Gasteiger partial charge in [0.2, 0.25) is 0 Å². The second-order valence-corrected chi connectivity index (χ2v) is 5.63. The van der Waals surface area contributed by atoms with Gasteiger partial charge in [0.1, 0.15) is 5.75 Å². The molecule has 0 aliphatic carbocycles. The van der Waals surface area contributed by atoms with Crippen LogP contribution in [-0.2, 0) is 5.60 Å². The first-order chi connectivity index (χ1) is 8.91. The van der Waals surface area contributed by atoms with Crippen LogP contribution in [0.5, 0.6) is 5.75 Å². The minimum absolute atomic E-state index is 0.208. The summed E-state index contributed by atoms with van der Waals surface area (Å²) in [5.74, 6) is 0.998. The Kier molecular flexibility index (Phi) is 5.83. The number of benzene rings is 1. The van der Waals surface area contributed by atoms with Crippen molar-refractivity contribution in [3.8, 4) is 5.75 Å². The molecule has 0 spiro atoms. The van der Waals surface area contributed by atoms with Gasteiger partial charge in [0, 0.05) is 12.5 Å². The van der Waals surface area contributed by atoms with E-state index in [0.29, 0.717) is 0 Å². The van der Waals surface area contributed by atoms with Crippen LogP contribution >= 0.6 is 0 Å². The zero-order valence-electron chi connectivity index (χ0n) is 12.8. The summed E-state index contributed by atoms with van der Waals surface area (Å²) in [7, 11) is 5.74. The summed E-state index contributed by atoms with van der Waals surface area (Å²) in [4.78, 5) is 2.13. The van der Waals surface area contributed by atoms with Gasteiger partial charge in [0.25, 0.3) is 0 Å². The first kappa shape index (κ1) is 16.0. The number of nitrogens with zero attached hydrogens (tertiary/aromatic N) is 1. The fourth-order valence-electron chi connectivity index (χ4n) is 2.51. The second kappa shape index (κ2) is 6.92. The minimum Gasteiger partial charge on any atom is -0.497 e. The van der Waals surface area contributed by atoms with Crippen molar-refractivity contribution in [1.29, 1.82) is 0 Å². The van der Waals surface area contributed by atoms with Crippen molar-refractivity contribution < 1.29 is 9.84 Å². The summed E-state index contributed by atoms with van der Waals surface area (Å²) in [5, 5.41) is 11.0. The molecule has 3 nitrogen and oxygen atoms in total. The van der Waals surface area contributed by atoms with Crippen LogP contribution in [0.15, 0.2) is 24.3 Å². The maximum atomic E-state index is 11.0. The molecule has 0 aromatic heterocycles. The van der Waals surface area contributed by atoms with Gasteiger partial charge in [-0.2, -0.15) is 0 Å². The van der Waals surface area contributed by atoms with Crippen LogP contribution < -0.4 is 4.74 Å². The average Bonchev–Trinajstić information content (AvgIpc) is 2.38. The van der Waals surface area contributed by atoms with Crippen LogP contribution in [0.1, 0.15) is 32.3 Å². The van der Waals surface area contributed by atoms with Gasteiger partial charge in [0.15, 0.2) is 0 Å². The van der Waals surface area contributed by atoms with Crippen molar-refractivity contribution in [2.45, 2.75) is 32.3 Å². The van der Waals surface area contributed by atoms with Crippen molar-refractivity contribution in [3.63, 3.8) is 0 Å². The fraction of sp³-hybridized carbons (Fsp3) is 0.625. The Morgan fingerprint density at radius 2 is 2.05 bits per heavy atom. The zero-order chi connectivity index (χ0) is 14.5. The standard InChI is InChI=1S/C16H27NO2/c1-6-8-14(12-17(3)4)16(2,18)13-9-7-10-15(11-13)19-5/h7,9-11,14,18H,6,8,12H2,1-5H3. The largest absolute Gasteiger partial charge is 0.497 e. The molecule has 0 saturated heterocycles. The van der Waals surface area contributed by atoms with Gasteiger partial charge >= 0.3 is 0 Å². The molecule has 1 aromatic carbocycles. The Hall–Kier alpha value is -1.06. The van der Waals surface area contributed by atoms with Crippen LogP contribution in [0, 0.1) is 5.92 Å². The SMILES string of the molecule is CCCC(CN(C)C)C(C)(O)c1cccc(OC)c1. The predicted molar refractivity (Wildman–Crippen MR) is 79.5 cm³/mol. The third-order valence-corrected chi connectivity index (χ3v) is 3.67. The zero-order valence-corrected chi connectivity index (χ0v) is 12.8. The Labute approximate surface area is 117 Å². The lowest BCUT2D eigenvalue weighted by Crippen LogP contribution is -2.38. The molecular weight excluding hydrogens is 238 g/mol. The molecular formula is C16H27NO2. The van der Waals surface area contributed by atoms with Gasteiger partial charge in [-0.05, 0) is 45.1 Å². The molecule has 3 heteroatoms. The smallest absolute Gasteiger partial charge is 0.119 e. The molecule has 2 atom stereocenters. The molecule has 2 unspecified atom stereocenters. The normalized spacial score (nSPS) is 16.2. The maximum Gasteiger partial charge on any atom is 0.119 e. The quantitative estimate of drug-likeness (QED) is 0.823. The van der Waals surface area contributed by atoms with E-state index >= 15 is 0 Å². The van der Waals surface area contributed by atoms with Crippen LogP contribution in [-0.4, -0.2) is 37.8 Å². The van der Waals surface area contributed by atoms with E-state index < -0.39 is 5.60 Å². The van der Waals surface area contributed by atoms with Crippen LogP contribution in [0.2, 0.25) is 0 Å². The second-order valence-electron chi connectivity index (χ2n) is 5.63. The number of ether oxygens (including phenoxy) is 1. The number of aliphatic hydroxyl groups is 1. The molecule has 0 aliphatic heterocycles. The van der Waals surface area contributed by atoms with Gasteiger partial charge in [-0.3, -0.25) is 0 Å². The van der Waals surface area contributed by atoms with E-state index in [-0.39, 0.29) is 5.92 Å². The van der Waals surface area contributed by atoms with Crippen LogP contribution in [0.4, 0.5) is 0 Å². The highest BCUT2D eigenvalue weighted by Gasteiger charge is 2.33. The molecule has 0 saturated carbocycles. The highest BCUT2D eigenvalue weighted by molar-refractivity contribution is 5.32. The molecule has 0 radical (unpaired) electrons. The van der Waals surface area contributed by atoms with Crippen molar-refractivity contribution in [2.75, 3.05) is 27.7 Å². The van der Waals surface area contributed by atoms with Gasteiger partial charge in [0.05, 0.1) is 12.7 Å². The summed E-state index contributed by atoms with van der Waals surface area (Å²) < 4.78 is 5.25. The average molecular weight is 265 g/mol. The molecule has 19 heavy (non-hydrogen) atoms. The van der Waals surface area contributed by atoms with Crippen LogP contribution in [0.3, 0.4) is 0 Å². The van der Waals surface area contributed by atoms with E-state index in [2.05, 4.69) is 11.8 Å². The van der Waals surface area contributed by atoms with Crippen molar-refractivity contribution in [2.24, 2.45) is 5.92 Å². The first-order valence-electron chi connectivity index (χ1n) is 6.93. The van der Waals surface area contributed by atoms with E-state index in [0.717, 1.165) is 30.7 Å². The lowest BCUT2D eigenvalue weighted by atomic mass is 9.80. The third-order valence-electron chi connectivity index (χ3n) is 3.67. The lowest BCUT2D eigenvalue weighted by molar-refractivity contribution is -0.0198. The molecule has 1 N–H and O–H groups in total. The number of hydrogen-bond donors (Lipinski definition) is 1. The third kappa shape index (κ3) is 4.22. The first-order valence-corrected chi connectivity index (χ1v) is 6.93. The fourth-order valence-corrected chi connectivity index (χ4v) is 2.51. The Bertz CT molecular complexity index is 388. The van der Waals surface area contributed by atoms with E-state index in [9.17, 15) is 5.11 Å². The van der Waals surface area contributed by atoms with Gasteiger partial charge in [-0.15, -0.1) is 0 Å². The minimum atomic E-state index is -0.838. The molecule has 1 rings (SSSR count). The molecule has 0 amide bonds. The molecule has 1 aromatic rings. The number of methoxy groups -OCH3 is 1. The van der Waals surface area contributed by atoms with E-state index in [1.165, 1.54) is 0 Å². The number of rotatable bonds is 7. The monoisotopic (exact) mass is 265 g/mol. The molecule has 0 bridgehead atoms.